The highest BCUT2D eigenvalue weighted by molar-refractivity contribution is 7.12. The maximum atomic E-state index is 14.8. The van der Waals surface area contributed by atoms with E-state index < -0.39 is 11.9 Å². The molecular weight excluding hydrogens is 575 g/mol. The summed E-state index contributed by atoms with van der Waals surface area (Å²) in [4.78, 5) is 48.0. The van der Waals surface area contributed by atoms with Crippen LogP contribution in [0.15, 0.2) is 40.2 Å². The molecule has 3 aromatic rings. The second kappa shape index (κ2) is 14.6. The van der Waals surface area contributed by atoms with Crippen LogP contribution in [0.25, 0.3) is 11.4 Å². The molecule has 2 aromatic heterocycles. The van der Waals surface area contributed by atoms with Crippen molar-refractivity contribution >= 4 is 29.1 Å². The molecule has 11 nitrogen and oxygen atoms in total. The predicted octanol–water partition coefficient (Wildman–Crippen LogP) is 3.22. The molecule has 2 aliphatic heterocycles. The number of hydrogen-bond donors (Lipinski definition) is 1. The molecule has 0 radical (unpaired) electrons. The first-order valence-electron chi connectivity index (χ1n) is 14.8. The topological polar surface area (TPSA) is 121 Å². The van der Waals surface area contributed by atoms with Gasteiger partial charge in [0.2, 0.25) is 23.5 Å². The summed E-state index contributed by atoms with van der Waals surface area (Å²) in [5.41, 5.74) is 0.209. The van der Waals surface area contributed by atoms with Gasteiger partial charge in [0.15, 0.2) is 0 Å². The number of nitrogens with one attached hydrogen (secondary N) is 1. The number of amides is 3. The Morgan fingerprint density at radius 3 is 2.60 bits per heavy atom. The van der Waals surface area contributed by atoms with Crippen molar-refractivity contribution in [3.05, 3.63) is 52.3 Å². The Kier molecular flexibility index (Phi) is 10.4. The fourth-order valence-corrected chi connectivity index (χ4v) is 5.88. The van der Waals surface area contributed by atoms with Gasteiger partial charge in [0, 0.05) is 64.7 Å². The van der Waals surface area contributed by atoms with Crippen LogP contribution in [0.4, 0.5) is 4.39 Å². The summed E-state index contributed by atoms with van der Waals surface area (Å²) < 4.78 is 25.8. The third-order valence-electron chi connectivity index (χ3n) is 7.70. The first-order valence-corrected chi connectivity index (χ1v) is 15.6. The van der Waals surface area contributed by atoms with Crippen LogP contribution in [0.2, 0.25) is 0 Å². The lowest BCUT2D eigenvalue weighted by Gasteiger charge is -2.36. The lowest BCUT2D eigenvalue weighted by molar-refractivity contribution is -0.134. The Hall–Kier alpha value is -3.84. The van der Waals surface area contributed by atoms with Gasteiger partial charge in [-0.05, 0) is 49.8 Å². The summed E-state index contributed by atoms with van der Waals surface area (Å²) in [6.45, 7) is 7.18. The van der Waals surface area contributed by atoms with Gasteiger partial charge < -0.3 is 24.4 Å². The third kappa shape index (κ3) is 8.17. The number of benzene rings is 1. The number of nitrogens with zero attached hydrogens (tertiary/aromatic N) is 5. The zero-order chi connectivity index (χ0) is 30.2. The van der Waals surface area contributed by atoms with E-state index in [1.165, 1.54) is 17.4 Å². The normalized spacial score (nSPS) is 16.3. The van der Waals surface area contributed by atoms with Crippen LogP contribution >= 0.6 is 11.3 Å². The maximum Gasteiger partial charge on any atom is 0.261 e. The molecule has 2 fully saturated rings. The first-order chi connectivity index (χ1) is 20.9. The van der Waals surface area contributed by atoms with Crippen molar-refractivity contribution < 1.29 is 28.0 Å². The van der Waals surface area contributed by atoms with Gasteiger partial charge in [0.25, 0.3) is 5.91 Å². The fraction of sp³-hybridized carbons (Fsp3) is 0.500. The van der Waals surface area contributed by atoms with Gasteiger partial charge >= 0.3 is 0 Å². The van der Waals surface area contributed by atoms with Gasteiger partial charge in [-0.1, -0.05) is 11.2 Å². The van der Waals surface area contributed by atoms with Crippen LogP contribution in [-0.4, -0.2) is 101 Å². The van der Waals surface area contributed by atoms with Crippen LogP contribution in [0, 0.1) is 5.82 Å². The molecule has 5 rings (SSSR count). The lowest BCUT2D eigenvalue weighted by Crippen LogP contribution is -2.54. The van der Waals surface area contributed by atoms with Crippen LogP contribution in [-0.2, 0) is 16.0 Å². The third-order valence-corrected chi connectivity index (χ3v) is 8.56. The van der Waals surface area contributed by atoms with E-state index in [1.807, 2.05) is 10.3 Å². The number of likely N-dealkylation sites (tertiary alicyclic amines) is 1. The van der Waals surface area contributed by atoms with Crippen molar-refractivity contribution in [1.29, 1.82) is 0 Å². The van der Waals surface area contributed by atoms with Gasteiger partial charge in [-0.3, -0.25) is 19.3 Å². The molecule has 0 bridgehead atoms. The summed E-state index contributed by atoms with van der Waals surface area (Å²) in [6.07, 6.45) is 3.44. The highest BCUT2D eigenvalue weighted by Crippen LogP contribution is 2.25. The Balaban J connectivity index is 0.996. The predicted molar refractivity (Wildman–Crippen MR) is 158 cm³/mol. The van der Waals surface area contributed by atoms with E-state index in [0.717, 1.165) is 52.0 Å². The van der Waals surface area contributed by atoms with Gasteiger partial charge in [0.05, 0.1) is 17.0 Å². The van der Waals surface area contributed by atoms with E-state index in [4.69, 9.17) is 9.26 Å². The van der Waals surface area contributed by atoms with Crippen molar-refractivity contribution in [2.45, 2.75) is 45.1 Å². The van der Waals surface area contributed by atoms with Crippen molar-refractivity contribution in [3.63, 3.8) is 0 Å². The van der Waals surface area contributed by atoms with Crippen molar-refractivity contribution in [2.24, 2.45) is 0 Å². The Bertz CT molecular complexity index is 1390. The Morgan fingerprint density at radius 2 is 1.88 bits per heavy atom. The van der Waals surface area contributed by atoms with E-state index in [2.05, 4.69) is 20.4 Å². The second-order valence-corrected chi connectivity index (χ2v) is 11.7. The average molecular weight is 613 g/mol. The zero-order valence-corrected chi connectivity index (χ0v) is 25.1. The summed E-state index contributed by atoms with van der Waals surface area (Å²) in [5.74, 6) is 0.111. The van der Waals surface area contributed by atoms with E-state index in [-0.39, 0.29) is 29.1 Å². The summed E-state index contributed by atoms with van der Waals surface area (Å²) in [7, 11) is 0. The van der Waals surface area contributed by atoms with Crippen LogP contribution in [0.3, 0.4) is 0 Å². The lowest BCUT2D eigenvalue weighted by atomic mass is 10.2. The summed E-state index contributed by atoms with van der Waals surface area (Å²) >= 11 is 1.34. The average Bonchev–Trinajstić information content (AvgIpc) is 3.82. The van der Waals surface area contributed by atoms with Crippen LogP contribution in [0.1, 0.15) is 48.2 Å². The molecule has 1 aromatic carbocycles. The van der Waals surface area contributed by atoms with Gasteiger partial charge in [-0.25, -0.2) is 4.39 Å². The minimum atomic E-state index is -0.584. The van der Waals surface area contributed by atoms with E-state index in [9.17, 15) is 18.8 Å². The van der Waals surface area contributed by atoms with Crippen LogP contribution in [0.5, 0.6) is 5.75 Å². The molecule has 0 saturated carbocycles. The number of aryl methyl sites for hydroxylation is 1. The Labute approximate surface area is 254 Å². The standard InChI is InChI=1S/C30H37FN6O5S/c1-21(32-29(39)25-6-4-19-43-25)30(40)37-16-14-35(15-17-37)11-5-18-41-22-7-8-23(24(31)20-22)28-33-26(42-34-28)9-10-27(38)36-12-2-3-13-36/h4,6-8,19-21H,2-3,5,9-18H2,1H3,(H,32,39)/t21-/m1/s1. The van der Waals surface area contributed by atoms with Gasteiger partial charge in [-0.15, -0.1) is 11.3 Å². The van der Waals surface area contributed by atoms with Crippen molar-refractivity contribution in [1.82, 2.24) is 30.2 Å². The van der Waals surface area contributed by atoms with Crippen LogP contribution < -0.4 is 10.1 Å². The SMILES string of the molecule is C[C@@H](NC(=O)c1cccs1)C(=O)N1CCN(CCCOc2ccc(-c3noc(CCC(=O)N4CCCC4)n3)c(F)c2)CC1. The largest absolute Gasteiger partial charge is 0.493 e. The number of rotatable bonds is 12. The monoisotopic (exact) mass is 612 g/mol. The highest BCUT2D eigenvalue weighted by Gasteiger charge is 2.26. The Morgan fingerprint density at radius 1 is 1.09 bits per heavy atom. The van der Waals surface area contributed by atoms with E-state index in [1.54, 1.807) is 36.1 Å². The fourth-order valence-electron chi connectivity index (χ4n) is 5.25. The number of carbonyl (C=O) groups excluding carboxylic acids is 3. The number of piperazine rings is 1. The number of thiophene rings is 1. The molecule has 0 unspecified atom stereocenters. The number of carbonyl (C=O) groups is 3. The second-order valence-electron chi connectivity index (χ2n) is 10.8. The van der Waals surface area contributed by atoms with E-state index in [0.29, 0.717) is 49.1 Å². The number of halogens is 1. The van der Waals surface area contributed by atoms with E-state index >= 15 is 0 Å². The number of hydrogen-bond acceptors (Lipinski definition) is 9. The molecule has 0 aliphatic carbocycles. The van der Waals surface area contributed by atoms with Crippen molar-refractivity contribution in [3.8, 4) is 17.1 Å². The van der Waals surface area contributed by atoms with Gasteiger partial charge in [-0.2, -0.15) is 4.98 Å². The molecule has 2 saturated heterocycles. The quantitative estimate of drug-likeness (QED) is 0.310. The summed E-state index contributed by atoms with van der Waals surface area (Å²) in [5, 5.41) is 8.50. The highest BCUT2D eigenvalue weighted by atomic mass is 32.1. The molecule has 1 atom stereocenters. The first kappa shape index (κ1) is 30.6. The molecule has 43 heavy (non-hydrogen) atoms. The summed E-state index contributed by atoms with van der Waals surface area (Å²) in [6, 6.07) is 7.51. The minimum absolute atomic E-state index is 0.0733. The molecule has 0 spiro atoms. The molecule has 13 heteroatoms. The molecule has 230 valence electrons. The molecule has 1 N–H and O–H groups in total. The number of ether oxygens (including phenoxy) is 1. The molecular formula is C30H37FN6O5S. The zero-order valence-electron chi connectivity index (χ0n) is 24.3. The molecule has 3 amide bonds. The number of aromatic nitrogens is 2. The molecule has 4 heterocycles. The maximum absolute atomic E-state index is 14.8. The molecule has 2 aliphatic rings. The smallest absolute Gasteiger partial charge is 0.261 e. The van der Waals surface area contributed by atoms with Crippen molar-refractivity contribution in [2.75, 3.05) is 52.4 Å². The van der Waals surface area contributed by atoms with Gasteiger partial charge in [0.1, 0.15) is 17.6 Å². The minimum Gasteiger partial charge on any atom is -0.493 e.